The fourth-order valence-electron chi connectivity index (χ4n) is 2.79. The number of hydrogen-bond acceptors (Lipinski definition) is 3. The van der Waals surface area contributed by atoms with Crippen LogP contribution in [0.4, 0.5) is 0 Å². The summed E-state index contributed by atoms with van der Waals surface area (Å²) in [5, 5.41) is 28.9. The summed E-state index contributed by atoms with van der Waals surface area (Å²) in [5.74, 6) is 0.395. The molecule has 1 aliphatic carbocycles. The lowest BCUT2D eigenvalue weighted by Gasteiger charge is -2.30. The minimum atomic E-state index is -1.56. The highest BCUT2D eigenvalue weighted by atomic mass is 16.4. The fourth-order valence-corrected chi connectivity index (χ4v) is 2.79. The average molecular weight is 248 g/mol. The second-order valence-electron chi connectivity index (χ2n) is 5.13. The number of allylic oxidation sites excluding steroid dienone is 1. The van der Waals surface area contributed by atoms with Crippen molar-refractivity contribution < 1.29 is 15.3 Å². The summed E-state index contributed by atoms with van der Waals surface area (Å²) in [5.41, 5.74) is 2.40. The van der Waals surface area contributed by atoms with Crippen molar-refractivity contribution in [3.8, 4) is 0 Å². The number of fused-ring (bicyclic) bond motifs is 1. The van der Waals surface area contributed by atoms with Gasteiger partial charge in [-0.15, -0.1) is 0 Å². The van der Waals surface area contributed by atoms with Crippen LogP contribution < -0.4 is 0 Å². The topological polar surface area (TPSA) is 60.7 Å². The molecule has 0 aromatic heterocycles. The maximum Gasteiger partial charge on any atom is 0.136 e. The van der Waals surface area contributed by atoms with E-state index in [0.29, 0.717) is 11.5 Å². The second kappa shape index (κ2) is 4.84. The highest BCUT2D eigenvalue weighted by Gasteiger charge is 2.31. The predicted molar refractivity (Wildman–Crippen MR) is 71.3 cm³/mol. The molecule has 0 saturated carbocycles. The third kappa shape index (κ3) is 1.99. The van der Waals surface area contributed by atoms with E-state index in [1.807, 2.05) is 13.0 Å². The average Bonchev–Trinajstić information content (AvgIpc) is 2.38. The molecule has 0 spiro atoms. The molecule has 1 atom stereocenters. The van der Waals surface area contributed by atoms with Gasteiger partial charge >= 0.3 is 0 Å². The Kier molecular flexibility index (Phi) is 3.57. The monoisotopic (exact) mass is 248 g/mol. The Hall–Kier alpha value is -1.16. The van der Waals surface area contributed by atoms with E-state index in [0.717, 1.165) is 17.5 Å². The van der Waals surface area contributed by atoms with Crippen LogP contribution in [0.2, 0.25) is 0 Å². The maximum absolute atomic E-state index is 10.3. The number of aliphatic hydroxyl groups is 3. The van der Waals surface area contributed by atoms with Gasteiger partial charge in [0.25, 0.3) is 0 Å². The maximum atomic E-state index is 10.3. The molecule has 0 aliphatic heterocycles. The van der Waals surface area contributed by atoms with Crippen LogP contribution in [0.3, 0.4) is 0 Å². The molecule has 0 amide bonds. The molecule has 1 aromatic carbocycles. The molecule has 0 fully saturated rings. The van der Waals surface area contributed by atoms with Crippen LogP contribution in [-0.2, 0) is 5.60 Å². The summed E-state index contributed by atoms with van der Waals surface area (Å²) < 4.78 is 0. The molecule has 3 nitrogen and oxygen atoms in total. The first-order valence-corrected chi connectivity index (χ1v) is 6.28. The van der Waals surface area contributed by atoms with Crippen molar-refractivity contribution in [3.63, 3.8) is 0 Å². The van der Waals surface area contributed by atoms with E-state index < -0.39 is 18.8 Å². The number of hydrogen-bond donors (Lipinski definition) is 3. The van der Waals surface area contributed by atoms with Crippen LogP contribution >= 0.6 is 0 Å². The van der Waals surface area contributed by atoms with E-state index in [-0.39, 0.29) is 0 Å². The highest BCUT2D eigenvalue weighted by molar-refractivity contribution is 5.61. The summed E-state index contributed by atoms with van der Waals surface area (Å²) in [4.78, 5) is 0. The number of benzene rings is 1. The molecule has 0 radical (unpaired) electrons. The Bertz CT molecular complexity index is 473. The normalized spacial score (nSPS) is 18.8. The first kappa shape index (κ1) is 13.3. The molecule has 0 unspecified atom stereocenters. The zero-order valence-electron chi connectivity index (χ0n) is 10.8. The van der Waals surface area contributed by atoms with E-state index in [1.165, 1.54) is 5.56 Å². The molecule has 0 saturated heterocycles. The summed E-state index contributed by atoms with van der Waals surface area (Å²) in [6, 6.07) is 3.74. The van der Waals surface area contributed by atoms with Crippen LogP contribution in [0.25, 0.3) is 6.08 Å². The highest BCUT2D eigenvalue weighted by Crippen LogP contribution is 2.36. The van der Waals surface area contributed by atoms with E-state index in [1.54, 1.807) is 6.07 Å². The molecular formula is C15H20O3. The van der Waals surface area contributed by atoms with E-state index in [4.69, 9.17) is 0 Å². The Balaban J connectivity index is 2.59. The zero-order chi connectivity index (χ0) is 13.3. The third-order valence-electron chi connectivity index (χ3n) is 3.85. The van der Waals surface area contributed by atoms with Crippen molar-refractivity contribution in [3.05, 3.63) is 40.5 Å². The van der Waals surface area contributed by atoms with E-state index in [2.05, 4.69) is 19.1 Å². The zero-order valence-corrected chi connectivity index (χ0v) is 10.8. The molecule has 2 rings (SSSR count). The largest absolute Gasteiger partial charge is 0.393 e. The molecule has 0 heterocycles. The van der Waals surface area contributed by atoms with Gasteiger partial charge in [-0.25, -0.2) is 0 Å². The van der Waals surface area contributed by atoms with Crippen LogP contribution in [0.5, 0.6) is 0 Å². The number of aliphatic hydroxyl groups excluding tert-OH is 2. The second-order valence-corrected chi connectivity index (χ2v) is 5.13. The smallest absolute Gasteiger partial charge is 0.136 e. The first-order valence-electron chi connectivity index (χ1n) is 6.28. The van der Waals surface area contributed by atoms with Gasteiger partial charge in [-0.1, -0.05) is 31.2 Å². The van der Waals surface area contributed by atoms with E-state index in [9.17, 15) is 15.3 Å². The SMILES string of the molecule is Cc1c(C(O)(CO)CO)ccc2c1[C@H](C)CC=C2. The van der Waals surface area contributed by atoms with Crippen LogP contribution in [0.15, 0.2) is 18.2 Å². The van der Waals surface area contributed by atoms with Crippen molar-refractivity contribution in [2.45, 2.75) is 31.8 Å². The lowest BCUT2D eigenvalue weighted by atomic mass is 9.80. The van der Waals surface area contributed by atoms with Crippen molar-refractivity contribution >= 4 is 6.08 Å². The van der Waals surface area contributed by atoms with Crippen LogP contribution in [0.1, 0.15) is 41.5 Å². The van der Waals surface area contributed by atoms with Crippen molar-refractivity contribution in [1.82, 2.24) is 0 Å². The summed E-state index contributed by atoms with van der Waals surface area (Å²) in [6.45, 7) is 3.14. The molecule has 1 aliphatic rings. The quantitative estimate of drug-likeness (QED) is 0.763. The molecular weight excluding hydrogens is 228 g/mol. The molecule has 3 N–H and O–H groups in total. The molecule has 3 heteroatoms. The summed E-state index contributed by atoms with van der Waals surface area (Å²) in [7, 11) is 0. The van der Waals surface area contributed by atoms with Crippen LogP contribution in [-0.4, -0.2) is 28.5 Å². The predicted octanol–water partition coefficient (Wildman–Crippen LogP) is 1.69. The van der Waals surface area contributed by atoms with E-state index >= 15 is 0 Å². The minimum absolute atomic E-state index is 0.395. The molecule has 18 heavy (non-hydrogen) atoms. The van der Waals surface area contributed by atoms with Gasteiger partial charge in [0.15, 0.2) is 0 Å². The van der Waals surface area contributed by atoms with Gasteiger partial charge in [0.1, 0.15) is 5.60 Å². The molecule has 98 valence electrons. The minimum Gasteiger partial charge on any atom is -0.393 e. The van der Waals surface area contributed by atoms with Crippen LogP contribution in [0, 0.1) is 6.92 Å². The Morgan fingerprint density at radius 1 is 1.28 bits per heavy atom. The van der Waals surface area contributed by atoms with Crippen molar-refractivity contribution in [2.75, 3.05) is 13.2 Å². The lowest BCUT2D eigenvalue weighted by molar-refractivity contribution is -0.0603. The van der Waals surface area contributed by atoms with Gasteiger partial charge in [-0.3, -0.25) is 0 Å². The fraction of sp³-hybridized carbons (Fsp3) is 0.467. The molecule has 1 aromatic rings. The molecule has 0 bridgehead atoms. The van der Waals surface area contributed by atoms with Crippen molar-refractivity contribution in [2.24, 2.45) is 0 Å². The third-order valence-corrected chi connectivity index (χ3v) is 3.85. The van der Waals surface area contributed by atoms with Gasteiger partial charge in [0, 0.05) is 0 Å². The van der Waals surface area contributed by atoms with Gasteiger partial charge in [0.05, 0.1) is 13.2 Å². The van der Waals surface area contributed by atoms with Gasteiger partial charge in [-0.05, 0) is 41.5 Å². The standard InChI is InChI=1S/C15H20O3/c1-10-4-3-5-12-6-7-13(11(2)14(10)12)15(18,8-16)9-17/h3,5-7,10,16-18H,4,8-9H2,1-2H3/t10-/m1/s1. The summed E-state index contributed by atoms with van der Waals surface area (Å²) in [6.07, 6.45) is 5.22. The first-order chi connectivity index (χ1) is 8.53. The Morgan fingerprint density at radius 3 is 2.56 bits per heavy atom. The summed E-state index contributed by atoms with van der Waals surface area (Å²) >= 11 is 0. The number of rotatable bonds is 3. The Labute approximate surface area is 107 Å². The van der Waals surface area contributed by atoms with Gasteiger partial charge in [0.2, 0.25) is 0 Å². The van der Waals surface area contributed by atoms with Gasteiger partial charge < -0.3 is 15.3 Å². The van der Waals surface area contributed by atoms with Gasteiger partial charge in [-0.2, -0.15) is 0 Å². The lowest BCUT2D eigenvalue weighted by Crippen LogP contribution is -2.35. The van der Waals surface area contributed by atoms with Crippen molar-refractivity contribution in [1.29, 1.82) is 0 Å². The Morgan fingerprint density at radius 2 is 1.94 bits per heavy atom.